The quantitative estimate of drug-likeness (QED) is 0.870. The molecule has 0 aliphatic heterocycles. The Morgan fingerprint density at radius 3 is 2.50 bits per heavy atom. The second kappa shape index (κ2) is 4.82. The van der Waals surface area contributed by atoms with E-state index in [1.54, 1.807) is 13.8 Å². The van der Waals surface area contributed by atoms with Gasteiger partial charge in [0.15, 0.2) is 0 Å². The summed E-state index contributed by atoms with van der Waals surface area (Å²) in [4.78, 5) is 3.75. The van der Waals surface area contributed by atoms with Crippen molar-refractivity contribution < 1.29 is 13.2 Å². The lowest BCUT2D eigenvalue weighted by Gasteiger charge is -2.19. The molecule has 0 saturated heterocycles. The number of alkyl halides is 3. The molecule has 90 valence electrons. The number of rotatable bonds is 3. The van der Waals surface area contributed by atoms with Crippen LogP contribution in [0.3, 0.4) is 0 Å². The van der Waals surface area contributed by atoms with Crippen LogP contribution in [0.25, 0.3) is 0 Å². The zero-order valence-corrected chi connectivity index (χ0v) is 9.25. The maximum atomic E-state index is 12.7. The van der Waals surface area contributed by atoms with Gasteiger partial charge < -0.3 is 5.73 Å². The SMILES string of the molecule is CC(N)CC(C)c1cnccc1C(F)(F)F. The number of nitrogens with two attached hydrogens (primary N) is 1. The highest BCUT2D eigenvalue weighted by Gasteiger charge is 2.34. The van der Waals surface area contributed by atoms with E-state index in [-0.39, 0.29) is 17.5 Å². The summed E-state index contributed by atoms with van der Waals surface area (Å²) in [5.74, 6) is -0.245. The van der Waals surface area contributed by atoms with E-state index < -0.39 is 11.7 Å². The van der Waals surface area contributed by atoms with Crippen LogP contribution in [0.4, 0.5) is 13.2 Å². The lowest BCUT2D eigenvalue weighted by molar-refractivity contribution is -0.138. The normalized spacial score (nSPS) is 15.9. The molecule has 0 radical (unpaired) electrons. The Bertz CT molecular complexity index is 347. The highest BCUT2D eigenvalue weighted by molar-refractivity contribution is 5.29. The minimum atomic E-state index is -4.33. The van der Waals surface area contributed by atoms with Gasteiger partial charge in [-0.1, -0.05) is 6.92 Å². The van der Waals surface area contributed by atoms with Gasteiger partial charge >= 0.3 is 6.18 Å². The maximum absolute atomic E-state index is 12.7. The van der Waals surface area contributed by atoms with Crippen LogP contribution in [0.1, 0.15) is 37.3 Å². The van der Waals surface area contributed by atoms with E-state index in [2.05, 4.69) is 4.98 Å². The molecule has 0 saturated carbocycles. The zero-order valence-electron chi connectivity index (χ0n) is 9.25. The summed E-state index contributed by atoms with van der Waals surface area (Å²) in [6.07, 6.45) is -1.39. The van der Waals surface area contributed by atoms with Crippen molar-refractivity contribution in [2.24, 2.45) is 5.73 Å². The average Bonchev–Trinajstić information content (AvgIpc) is 2.15. The predicted molar refractivity (Wildman–Crippen MR) is 55.9 cm³/mol. The molecular formula is C11H15F3N2. The van der Waals surface area contributed by atoms with E-state index >= 15 is 0 Å². The number of aromatic nitrogens is 1. The van der Waals surface area contributed by atoms with Crippen LogP contribution in [0, 0.1) is 0 Å². The highest BCUT2D eigenvalue weighted by Crippen LogP contribution is 2.35. The summed E-state index contributed by atoms with van der Waals surface area (Å²) < 4.78 is 38.1. The Balaban J connectivity index is 3.04. The Labute approximate surface area is 92.7 Å². The van der Waals surface area contributed by atoms with Gasteiger partial charge in [0.1, 0.15) is 0 Å². The summed E-state index contributed by atoms with van der Waals surface area (Å²) in [6, 6.07) is 0.879. The Morgan fingerprint density at radius 1 is 1.38 bits per heavy atom. The van der Waals surface area contributed by atoms with Crippen molar-refractivity contribution in [2.45, 2.75) is 38.4 Å². The number of hydrogen-bond acceptors (Lipinski definition) is 2. The highest BCUT2D eigenvalue weighted by atomic mass is 19.4. The minimum absolute atomic E-state index is 0.128. The van der Waals surface area contributed by atoms with Crippen molar-refractivity contribution in [3.63, 3.8) is 0 Å². The summed E-state index contributed by atoms with van der Waals surface area (Å²) in [6.45, 7) is 3.51. The first-order valence-electron chi connectivity index (χ1n) is 5.09. The lowest BCUT2D eigenvalue weighted by atomic mass is 9.92. The van der Waals surface area contributed by atoms with Gasteiger partial charge in [-0.3, -0.25) is 4.98 Å². The molecule has 1 aromatic rings. The van der Waals surface area contributed by atoms with Gasteiger partial charge in [-0.25, -0.2) is 0 Å². The third-order valence-electron chi connectivity index (χ3n) is 2.41. The fourth-order valence-corrected chi connectivity index (χ4v) is 1.74. The molecular weight excluding hydrogens is 217 g/mol. The summed E-state index contributed by atoms with van der Waals surface area (Å²) in [5.41, 5.74) is 5.19. The van der Waals surface area contributed by atoms with E-state index in [4.69, 9.17) is 5.73 Å². The first-order valence-corrected chi connectivity index (χ1v) is 5.09. The van der Waals surface area contributed by atoms with Crippen LogP contribution in [0.2, 0.25) is 0 Å². The van der Waals surface area contributed by atoms with Crippen molar-refractivity contribution in [1.82, 2.24) is 4.98 Å². The van der Waals surface area contributed by atoms with E-state index in [1.807, 2.05) is 0 Å². The smallest absolute Gasteiger partial charge is 0.328 e. The minimum Gasteiger partial charge on any atom is -0.328 e. The third-order valence-corrected chi connectivity index (χ3v) is 2.41. The number of pyridine rings is 1. The van der Waals surface area contributed by atoms with Crippen molar-refractivity contribution in [1.29, 1.82) is 0 Å². The van der Waals surface area contributed by atoms with Crippen molar-refractivity contribution in [3.05, 3.63) is 29.6 Å². The molecule has 0 amide bonds. The average molecular weight is 232 g/mol. The molecule has 0 fully saturated rings. The van der Waals surface area contributed by atoms with E-state index in [9.17, 15) is 13.2 Å². The number of halogens is 3. The van der Waals surface area contributed by atoms with Gasteiger partial charge in [0.2, 0.25) is 0 Å². The zero-order chi connectivity index (χ0) is 12.3. The Morgan fingerprint density at radius 2 is 2.00 bits per heavy atom. The second-order valence-electron chi connectivity index (χ2n) is 4.07. The van der Waals surface area contributed by atoms with Crippen molar-refractivity contribution in [2.75, 3.05) is 0 Å². The van der Waals surface area contributed by atoms with E-state index in [0.717, 1.165) is 12.3 Å². The molecule has 0 spiro atoms. The molecule has 0 aromatic carbocycles. The van der Waals surface area contributed by atoms with Crippen LogP contribution in [-0.2, 0) is 6.18 Å². The monoisotopic (exact) mass is 232 g/mol. The Hall–Kier alpha value is -1.10. The predicted octanol–water partition coefficient (Wildman–Crippen LogP) is 2.94. The molecule has 1 rings (SSSR count). The molecule has 2 unspecified atom stereocenters. The molecule has 0 bridgehead atoms. The van der Waals surface area contributed by atoms with Gasteiger partial charge in [0, 0.05) is 18.4 Å². The topological polar surface area (TPSA) is 38.9 Å². The number of nitrogens with zero attached hydrogens (tertiary/aromatic N) is 1. The van der Waals surface area contributed by atoms with E-state index in [0.29, 0.717) is 6.42 Å². The first-order chi connectivity index (χ1) is 7.32. The van der Waals surface area contributed by atoms with Crippen LogP contribution in [0.5, 0.6) is 0 Å². The summed E-state index contributed by atoms with van der Waals surface area (Å²) >= 11 is 0. The van der Waals surface area contributed by atoms with Crippen LogP contribution < -0.4 is 5.73 Å². The molecule has 0 aliphatic rings. The van der Waals surface area contributed by atoms with Gasteiger partial charge in [0.25, 0.3) is 0 Å². The first kappa shape index (κ1) is 13.0. The molecule has 5 heteroatoms. The molecule has 0 aliphatic carbocycles. The standard InChI is InChI=1S/C11H15F3N2/c1-7(5-8(2)15)9-6-16-4-3-10(9)11(12,13)14/h3-4,6-8H,5,15H2,1-2H3. The van der Waals surface area contributed by atoms with Gasteiger partial charge in [-0.05, 0) is 30.9 Å². The largest absolute Gasteiger partial charge is 0.416 e. The Kier molecular flexibility index (Phi) is 3.91. The van der Waals surface area contributed by atoms with Crippen LogP contribution >= 0.6 is 0 Å². The molecule has 1 aromatic heterocycles. The molecule has 2 atom stereocenters. The summed E-state index contributed by atoms with van der Waals surface area (Å²) in [7, 11) is 0. The van der Waals surface area contributed by atoms with Crippen LogP contribution in [-0.4, -0.2) is 11.0 Å². The maximum Gasteiger partial charge on any atom is 0.416 e. The molecule has 2 nitrogen and oxygen atoms in total. The van der Waals surface area contributed by atoms with Gasteiger partial charge in [-0.15, -0.1) is 0 Å². The molecule has 2 N–H and O–H groups in total. The fraction of sp³-hybridized carbons (Fsp3) is 0.545. The van der Waals surface area contributed by atoms with Crippen molar-refractivity contribution >= 4 is 0 Å². The summed E-state index contributed by atoms with van der Waals surface area (Å²) in [5, 5.41) is 0. The lowest BCUT2D eigenvalue weighted by Crippen LogP contribution is -2.19. The van der Waals surface area contributed by atoms with Gasteiger partial charge in [0.05, 0.1) is 5.56 Å². The third kappa shape index (κ3) is 3.20. The van der Waals surface area contributed by atoms with Gasteiger partial charge in [-0.2, -0.15) is 13.2 Å². The van der Waals surface area contributed by atoms with Crippen LogP contribution in [0.15, 0.2) is 18.5 Å². The molecule has 16 heavy (non-hydrogen) atoms. The second-order valence-corrected chi connectivity index (χ2v) is 4.07. The van der Waals surface area contributed by atoms with Crippen molar-refractivity contribution in [3.8, 4) is 0 Å². The number of hydrogen-bond donors (Lipinski definition) is 1. The molecule has 1 heterocycles. The van der Waals surface area contributed by atoms with E-state index in [1.165, 1.54) is 6.20 Å². The fourth-order valence-electron chi connectivity index (χ4n) is 1.74.